The monoisotopic (exact) mass is 381 g/mol. The van der Waals surface area contributed by atoms with E-state index in [-0.39, 0.29) is 20.0 Å². The first-order chi connectivity index (χ1) is 10.1. The molecule has 1 fully saturated rings. The fraction of sp³-hybridized carbons (Fsp3) is 0.833. The molecule has 0 aromatic heterocycles. The normalized spacial score (nSPS) is 19.7. The first-order valence-corrected chi connectivity index (χ1v) is 14.7. The van der Waals surface area contributed by atoms with E-state index in [1.807, 2.05) is 46.1 Å². The maximum atomic E-state index is 8.50. The van der Waals surface area contributed by atoms with Crippen molar-refractivity contribution in [1.29, 1.82) is 0 Å². The molecule has 1 heterocycles. The van der Waals surface area contributed by atoms with Gasteiger partial charge in [0, 0.05) is 13.1 Å². The van der Waals surface area contributed by atoms with Gasteiger partial charge in [-0.25, -0.2) is 0 Å². The van der Waals surface area contributed by atoms with Gasteiger partial charge < -0.3 is 21.7 Å². The highest BCUT2D eigenvalue weighted by Crippen LogP contribution is 2.17. The van der Waals surface area contributed by atoms with E-state index in [1.165, 1.54) is 5.06 Å². The molecular formula is C12H31NO5Si4. The van der Waals surface area contributed by atoms with E-state index in [1.54, 1.807) is 0 Å². The molecule has 1 N–H and O–H groups in total. The summed E-state index contributed by atoms with van der Waals surface area (Å²) in [4.78, 5) is 0. The summed E-state index contributed by atoms with van der Waals surface area (Å²) in [6.45, 7) is 18.8. The Bertz CT molecular complexity index is 262. The summed E-state index contributed by atoms with van der Waals surface area (Å²) in [7, 11) is -3.83. The van der Waals surface area contributed by atoms with Crippen LogP contribution in [0.5, 0.6) is 0 Å². The van der Waals surface area contributed by atoms with Crippen LogP contribution in [0, 0.1) is 0 Å². The summed E-state index contributed by atoms with van der Waals surface area (Å²) in [5, 5.41) is 9.75. The molecule has 4 radical (unpaired) electrons. The minimum atomic E-state index is -1.98. The van der Waals surface area contributed by atoms with Gasteiger partial charge in [0.1, 0.15) is 0 Å². The largest absolute Gasteiger partial charge is 0.416 e. The van der Waals surface area contributed by atoms with E-state index in [2.05, 4.69) is 13.5 Å². The molecule has 0 spiro atoms. The Balaban J connectivity index is 0. The Morgan fingerprint density at radius 2 is 1.36 bits per heavy atom. The molecule has 0 amide bonds. The van der Waals surface area contributed by atoms with Crippen LogP contribution in [0.1, 0.15) is 27.2 Å². The predicted octanol–water partition coefficient (Wildman–Crippen LogP) is 2.84. The lowest BCUT2D eigenvalue weighted by Crippen LogP contribution is -2.52. The van der Waals surface area contributed by atoms with Crippen LogP contribution in [0.25, 0.3) is 0 Å². The average Bonchev–Trinajstić information content (AvgIpc) is 2.44. The molecule has 6 nitrogen and oxygen atoms in total. The van der Waals surface area contributed by atoms with E-state index in [9.17, 15) is 0 Å². The summed E-state index contributed by atoms with van der Waals surface area (Å²) in [6.07, 6.45) is 2.96. The first kappa shape index (κ1) is 24.6. The summed E-state index contributed by atoms with van der Waals surface area (Å²) in [5.74, 6) is 0. The maximum Gasteiger partial charge on any atom is 0.412 e. The van der Waals surface area contributed by atoms with Gasteiger partial charge in [0.15, 0.2) is 0 Å². The molecule has 0 aromatic rings. The van der Waals surface area contributed by atoms with Crippen molar-refractivity contribution in [1.82, 2.24) is 5.06 Å². The molecule has 1 aliphatic heterocycles. The summed E-state index contributed by atoms with van der Waals surface area (Å²) < 4.78 is 22.0. The molecule has 0 atom stereocenters. The molecule has 130 valence electrons. The second-order valence-electron chi connectivity index (χ2n) is 5.21. The van der Waals surface area contributed by atoms with E-state index in [0.717, 1.165) is 19.5 Å². The molecule has 0 saturated carbocycles. The van der Waals surface area contributed by atoms with Gasteiger partial charge in [-0.15, -0.1) is 6.58 Å². The second kappa shape index (κ2) is 13.8. The summed E-state index contributed by atoms with van der Waals surface area (Å²) in [6, 6.07) is 0. The Hall–Kier alpha value is 0.368. The van der Waals surface area contributed by atoms with Crippen molar-refractivity contribution in [2.24, 2.45) is 0 Å². The number of rotatable bonds is 3. The Morgan fingerprint density at radius 1 is 1.00 bits per heavy atom. The van der Waals surface area contributed by atoms with Crippen LogP contribution in [0.2, 0.25) is 26.2 Å². The molecule has 0 bridgehead atoms. The lowest BCUT2D eigenvalue weighted by atomic mass is 10.5. The zero-order chi connectivity index (χ0) is 17.6. The van der Waals surface area contributed by atoms with Crippen LogP contribution in [0.15, 0.2) is 12.7 Å². The highest BCUT2D eigenvalue weighted by molar-refractivity contribution is 6.82. The van der Waals surface area contributed by atoms with Crippen LogP contribution in [0.4, 0.5) is 0 Å². The molecule has 0 aromatic carbocycles. The average molecular weight is 382 g/mol. The highest BCUT2D eigenvalue weighted by atomic mass is 28.5. The molecule has 1 saturated heterocycles. The smallest absolute Gasteiger partial charge is 0.412 e. The fourth-order valence-corrected chi connectivity index (χ4v) is 9.76. The number of hydroxylamine groups is 2. The second-order valence-corrected chi connectivity index (χ2v) is 14.4. The maximum absolute atomic E-state index is 8.50. The number of hydrogen-bond donors (Lipinski definition) is 1. The molecule has 1 aliphatic rings. The van der Waals surface area contributed by atoms with Gasteiger partial charge in [-0.05, 0) is 32.6 Å². The minimum absolute atomic E-state index is 0.0640. The lowest BCUT2D eigenvalue weighted by Gasteiger charge is -2.34. The molecule has 1 rings (SSSR count). The zero-order valence-corrected chi connectivity index (χ0v) is 18.9. The van der Waals surface area contributed by atoms with Gasteiger partial charge in [-0.3, -0.25) is 0 Å². The number of allylic oxidation sites excluding steroid dienone is 1. The van der Waals surface area contributed by atoms with Gasteiger partial charge in [0.25, 0.3) is 0 Å². The van der Waals surface area contributed by atoms with Crippen molar-refractivity contribution >= 4 is 37.1 Å². The van der Waals surface area contributed by atoms with Crippen LogP contribution < -0.4 is 0 Å². The van der Waals surface area contributed by atoms with Crippen molar-refractivity contribution in [3.63, 3.8) is 0 Å². The SMILES string of the molecule is C=CCC.CCN(O)CC.C[Si]1(C)O[Si]O[Si]O[Si](C)(C)O1. The Kier molecular flexibility index (Phi) is 15.4. The predicted molar refractivity (Wildman–Crippen MR) is 96.0 cm³/mol. The quantitative estimate of drug-likeness (QED) is 0.461. The fourth-order valence-electron chi connectivity index (χ4n) is 1.12. The van der Waals surface area contributed by atoms with Crippen molar-refractivity contribution in [3.8, 4) is 0 Å². The van der Waals surface area contributed by atoms with Crippen molar-refractivity contribution in [3.05, 3.63) is 12.7 Å². The van der Waals surface area contributed by atoms with Gasteiger partial charge in [-0.1, -0.05) is 26.8 Å². The third-order valence-corrected chi connectivity index (χ3v) is 11.4. The van der Waals surface area contributed by atoms with Crippen LogP contribution in [0.3, 0.4) is 0 Å². The van der Waals surface area contributed by atoms with Gasteiger partial charge in [-0.2, -0.15) is 5.06 Å². The third kappa shape index (κ3) is 16.7. The topological polar surface area (TPSA) is 60.4 Å². The standard InChI is InChI=1S/C4H11NO.C4H12O4Si4.C4H8/c1-3-5(6)4-2;1-11(2)6-9-5-10-7-12(3,4)8-11;1-3-4-2/h6H,3-4H2,1-2H3;1-4H3;3H,1,4H2,2H3. The van der Waals surface area contributed by atoms with Crippen molar-refractivity contribution in [2.75, 3.05) is 13.1 Å². The van der Waals surface area contributed by atoms with E-state index in [4.69, 9.17) is 21.7 Å². The van der Waals surface area contributed by atoms with Crippen molar-refractivity contribution in [2.45, 2.75) is 53.4 Å². The third-order valence-electron chi connectivity index (χ3n) is 2.17. The van der Waals surface area contributed by atoms with Gasteiger partial charge >= 0.3 is 37.1 Å². The molecule has 22 heavy (non-hydrogen) atoms. The molecule has 0 unspecified atom stereocenters. The molecule has 10 heteroatoms. The van der Waals surface area contributed by atoms with E-state index < -0.39 is 17.1 Å². The molecular weight excluding hydrogens is 350 g/mol. The summed E-state index contributed by atoms with van der Waals surface area (Å²) in [5.41, 5.74) is 0. The zero-order valence-electron chi connectivity index (χ0n) is 14.9. The van der Waals surface area contributed by atoms with Crippen LogP contribution >= 0.6 is 0 Å². The number of hydrogen-bond acceptors (Lipinski definition) is 6. The van der Waals surface area contributed by atoms with E-state index in [0.29, 0.717) is 0 Å². The lowest BCUT2D eigenvalue weighted by molar-refractivity contribution is -0.0813. The van der Waals surface area contributed by atoms with Crippen LogP contribution in [-0.2, 0) is 16.5 Å². The van der Waals surface area contributed by atoms with Gasteiger partial charge in [0.2, 0.25) is 0 Å². The van der Waals surface area contributed by atoms with Gasteiger partial charge in [0.05, 0.1) is 0 Å². The minimum Gasteiger partial charge on any atom is -0.416 e. The highest BCUT2D eigenvalue weighted by Gasteiger charge is 2.38. The Morgan fingerprint density at radius 3 is 1.59 bits per heavy atom. The Labute approximate surface area is 143 Å². The number of nitrogens with zero attached hydrogens (tertiary/aromatic N) is 1. The van der Waals surface area contributed by atoms with Crippen molar-refractivity contribution < 1.29 is 21.7 Å². The first-order valence-electron chi connectivity index (χ1n) is 7.40. The molecule has 0 aliphatic carbocycles. The van der Waals surface area contributed by atoms with Crippen LogP contribution in [-0.4, -0.2) is 60.5 Å². The summed E-state index contributed by atoms with van der Waals surface area (Å²) >= 11 is 0. The van der Waals surface area contributed by atoms with E-state index >= 15 is 0 Å².